The number of hydrogen-bond donors (Lipinski definition) is 2. The average Bonchev–Trinajstić information content (AvgIpc) is 3.53. The molecule has 0 saturated carbocycles. The van der Waals surface area contributed by atoms with Crippen molar-refractivity contribution in [2.24, 2.45) is 0 Å². The van der Waals surface area contributed by atoms with Gasteiger partial charge in [-0.05, 0) is 45.5 Å². The van der Waals surface area contributed by atoms with Gasteiger partial charge < -0.3 is 9.97 Å². The Bertz CT molecular complexity index is 1920. The third kappa shape index (κ3) is 2.99. The fraction of sp³-hybridized carbons (Fsp3) is 0.161. The van der Waals surface area contributed by atoms with Crippen LogP contribution in [-0.2, 0) is 6.42 Å². The molecule has 0 bridgehead atoms. The molecule has 0 aliphatic heterocycles. The van der Waals surface area contributed by atoms with E-state index in [1.807, 2.05) is 0 Å². The molecule has 170 valence electrons. The Morgan fingerprint density at radius 2 is 1.46 bits per heavy atom. The number of rotatable bonds is 3. The smallest absolute Gasteiger partial charge is 0.109 e. The lowest BCUT2D eigenvalue weighted by molar-refractivity contribution is 0.799. The molecule has 4 nitrogen and oxygen atoms in total. The van der Waals surface area contributed by atoms with Crippen LogP contribution in [0.4, 0.5) is 0 Å². The number of benzene rings is 5. The van der Waals surface area contributed by atoms with Crippen LogP contribution in [0.25, 0.3) is 65.5 Å². The first-order valence-corrected chi connectivity index (χ1v) is 12.4. The van der Waals surface area contributed by atoms with Crippen LogP contribution in [0.3, 0.4) is 0 Å². The van der Waals surface area contributed by atoms with Gasteiger partial charge in [0.1, 0.15) is 11.6 Å². The number of H-pyrrole nitrogens is 2. The molecule has 2 heterocycles. The van der Waals surface area contributed by atoms with E-state index in [-0.39, 0.29) is 0 Å². The average molecular weight is 455 g/mol. The molecule has 4 heteroatoms. The Kier molecular flexibility index (Phi) is 4.28. The molecule has 0 atom stereocenters. The van der Waals surface area contributed by atoms with E-state index in [4.69, 9.17) is 9.97 Å². The van der Waals surface area contributed by atoms with Gasteiger partial charge in [0.25, 0.3) is 0 Å². The highest BCUT2D eigenvalue weighted by molar-refractivity contribution is 6.23. The van der Waals surface area contributed by atoms with E-state index in [0.717, 1.165) is 40.1 Å². The van der Waals surface area contributed by atoms with Crippen molar-refractivity contribution in [3.63, 3.8) is 0 Å². The zero-order chi connectivity index (χ0) is 23.7. The van der Waals surface area contributed by atoms with Crippen LogP contribution in [-0.4, -0.2) is 19.9 Å². The van der Waals surface area contributed by atoms with Gasteiger partial charge in [-0.3, -0.25) is 0 Å². The molecule has 0 fully saturated rings. The molecule has 0 unspecified atom stereocenters. The Balaban J connectivity index is 1.46. The lowest BCUT2D eigenvalue weighted by Gasteiger charge is -2.10. The number of aryl methyl sites for hydroxylation is 1. The van der Waals surface area contributed by atoms with Gasteiger partial charge in [0.05, 0.1) is 22.1 Å². The lowest BCUT2D eigenvalue weighted by Crippen LogP contribution is -1.88. The highest BCUT2D eigenvalue weighted by Crippen LogP contribution is 2.37. The van der Waals surface area contributed by atoms with Gasteiger partial charge in [0.15, 0.2) is 0 Å². The van der Waals surface area contributed by atoms with Crippen LogP contribution in [0.15, 0.2) is 72.8 Å². The van der Waals surface area contributed by atoms with Crippen LogP contribution >= 0.6 is 0 Å². The maximum Gasteiger partial charge on any atom is 0.109 e. The number of aromatic amines is 2. The summed E-state index contributed by atoms with van der Waals surface area (Å²) in [4.78, 5) is 16.8. The number of imidazole rings is 2. The molecule has 5 aromatic carbocycles. The number of fused-ring (bicyclic) bond motifs is 9. The Morgan fingerprint density at radius 1 is 0.686 bits per heavy atom. The van der Waals surface area contributed by atoms with E-state index < -0.39 is 0 Å². The SMILES string of the molecule is CCc1nc2c(ccc3cc(-c4ccc5c(c4)c4ccccc4c4nc(C(C)C)[nH]c54)ccc32)[nH]1. The quantitative estimate of drug-likeness (QED) is 0.264. The summed E-state index contributed by atoms with van der Waals surface area (Å²) >= 11 is 0. The number of nitrogens with one attached hydrogen (secondary N) is 2. The Hall–Kier alpha value is -4.18. The highest BCUT2D eigenvalue weighted by atomic mass is 14.9. The molecule has 0 saturated heterocycles. The van der Waals surface area contributed by atoms with Crippen molar-refractivity contribution in [2.45, 2.75) is 33.1 Å². The zero-order valence-corrected chi connectivity index (χ0v) is 20.1. The second-order valence-corrected chi connectivity index (χ2v) is 9.74. The summed E-state index contributed by atoms with van der Waals surface area (Å²) in [5, 5.41) is 7.30. The van der Waals surface area contributed by atoms with E-state index in [1.54, 1.807) is 0 Å². The molecular weight excluding hydrogens is 428 g/mol. The highest BCUT2D eigenvalue weighted by Gasteiger charge is 2.15. The summed E-state index contributed by atoms with van der Waals surface area (Å²) in [6, 6.07) is 26.5. The van der Waals surface area contributed by atoms with Crippen molar-refractivity contribution in [3.05, 3.63) is 84.4 Å². The largest absolute Gasteiger partial charge is 0.342 e. The van der Waals surface area contributed by atoms with Crippen LogP contribution in [0.5, 0.6) is 0 Å². The molecule has 0 spiro atoms. The first kappa shape index (κ1) is 20.2. The minimum absolute atomic E-state index is 0.350. The standard InChI is InChI=1S/C31H26N4/c1-4-27-32-26-14-11-20-15-18(9-12-21(20)28(26)33-27)19-10-13-24-25(16-19)22-7-5-6-8-23(22)29-30(24)35-31(34-29)17(2)3/h5-17H,4H2,1-3H3,(H,32,33)(H,34,35). The van der Waals surface area contributed by atoms with Crippen LogP contribution in [0, 0.1) is 0 Å². The molecular formula is C31H26N4. The van der Waals surface area contributed by atoms with Gasteiger partial charge in [-0.2, -0.15) is 0 Å². The summed E-state index contributed by atoms with van der Waals surface area (Å²) in [5.74, 6) is 2.42. The summed E-state index contributed by atoms with van der Waals surface area (Å²) in [6.07, 6.45) is 0.904. The third-order valence-corrected chi connectivity index (χ3v) is 7.22. The van der Waals surface area contributed by atoms with E-state index in [9.17, 15) is 0 Å². The molecule has 35 heavy (non-hydrogen) atoms. The second kappa shape index (κ2) is 7.41. The fourth-order valence-electron chi connectivity index (χ4n) is 5.34. The van der Waals surface area contributed by atoms with Crippen molar-refractivity contribution in [1.82, 2.24) is 19.9 Å². The predicted octanol–water partition coefficient (Wildman–Crippen LogP) is 8.25. The normalized spacial score (nSPS) is 12.2. The summed E-state index contributed by atoms with van der Waals surface area (Å²) < 4.78 is 0. The maximum atomic E-state index is 4.97. The zero-order valence-electron chi connectivity index (χ0n) is 20.1. The van der Waals surface area contributed by atoms with Gasteiger partial charge in [-0.25, -0.2) is 9.97 Å². The molecule has 2 N–H and O–H groups in total. The van der Waals surface area contributed by atoms with Crippen molar-refractivity contribution >= 4 is 54.4 Å². The number of nitrogens with zero attached hydrogens (tertiary/aromatic N) is 2. The fourth-order valence-corrected chi connectivity index (χ4v) is 5.34. The third-order valence-electron chi connectivity index (χ3n) is 7.22. The molecule has 0 aliphatic rings. The summed E-state index contributed by atoms with van der Waals surface area (Å²) in [6.45, 7) is 6.49. The van der Waals surface area contributed by atoms with E-state index in [0.29, 0.717) is 5.92 Å². The molecule has 0 radical (unpaired) electrons. The molecule has 2 aromatic heterocycles. The number of hydrogen-bond acceptors (Lipinski definition) is 2. The summed E-state index contributed by atoms with van der Waals surface area (Å²) in [5.41, 5.74) is 6.76. The van der Waals surface area contributed by atoms with Gasteiger partial charge >= 0.3 is 0 Å². The minimum atomic E-state index is 0.350. The monoisotopic (exact) mass is 454 g/mol. The van der Waals surface area contributed by atoms with Crippen molar-refractivity contribution in [1.29, 1.82) is 0 Å². The van der Waals surface area contributed by atoms with Gasteiger partial charge in [0.2, 0.25) is 0 Å². The van der Waals surface area contributed by atoms with Crippen LogP contribution in [0.1, 0.15) is 38.3 Å². The van der Waals surface area contributed by atoms with Crippen molar-refractivity contribution < 1.29 is 0 Å². The molecule has 0 aliphatic carbocycles. The molecule has 0 amide bonds. The Labute approximate surface area is 203 Å². The van der Waals surface area contributed by atoms with E-state index >= 15 is 0 Å². The van der Waals surface area contributed by atoms with Crippen molar-refractivity contribution in [3.8, 4) is 11.1 Å². The minimum Gasteiger partial charge on any atom is -0.342 e. The maximum absolute atomic E-state index is 4.97. The van der Waals surface area contributed by atoms with Gasteiger partial charge in [-0.15, -0.1) is 0 Å². The van der Waals surface area contributed by atoms with Crippen molar-refractivity contribution in [2.75, 3.05) is 0 Å². The Morgan fingerprint density at radius 3 is 2.26 bits per heavy atom. The molecule has 7 aromatic rings. The van der Waals surface area contributed by atoms with E-state index in [2.05, 4.69) is 104 Å². The van der Waals surface area contributed by atoms with Crippen LogP contribution < -0.4 is 0 Å². The van der Waals surface area contributed by atoms with Gasteiger partial charge in [0, 0.05) is 28.5 Å². The van der Waals surface area contributed by atoms with Gasteiger partial charge in [-0.1, -0.05) is 75.4 Å². The topological polar surface area (TPSA) is 57.4 Å². The van der Waals surface area contributed by atoms with E-state index in [1.165, 1.54) is 43.4 Å². The number of aromatic nitrogens is 4. The first-order valence-electron chi connectivity index (χ1n) is 12.4. The second-order valence-electron chi connectivity index (χ2n) is 9.74. The predicted molar refractivity (Wildman–Crippen MR) is 147 cm³/mol. The first-order chi connectivity index (χ1) is 17.1. The lowest BCUT2D eigenvalue weighted by atomic mass is 9.95. The van der Waals surface area contributed by atoms with Crippen LogP contribution in [0.2, 0.25) is 0 Å². The summed E-state index contributed by atoms with van der Waals surface area (Å²) in [7, 11) is 0. The molecule has 7 rings (SSSR count).